The smallest absolute Gasteiger partial charge is 0.00313 e. The fourth-order valence-corrected chi connectivity index (χ4v) is 1.19. The van der Waals surface area contributed by atoms with Crippen molar-refractivity contribution in [1.29, 1.82) is 0 Å². The molecule has 0 spiro atoms. The highest BCUT2D eigenvalue weighted by molar-refractivity contribution is 9.09. The minimum Gasteiger partial charge on any atom is -0.0928 e. The molecule has 0 aromatic rings. The Morgan fingerprint density at radius 1 is 1.33 bits per heavy atom. The molecule has 1 unspecified atom stereocenters. The van der Waals surface area contributed by atoms with Crippen LogP contribution in [0.5, 0.6) is 0 Å². The van der Waals surface area contributed by atoms with E-state index in [4.69, 9.17) is 0 Å². The maximum absolute atomic E-state index is 3.42. The first-order valence-electron chi connectivity index (χ1n) is 3.87. The van der Waals surface area contributed by atoms with Crippen LogP contribution in [-0.2, 0) is 0 Å². The molecule has 0 aliphatic heterocycles. The van der Waals surface area contributed by atoms with Gasteiger partial charge in [0.25, 0.3) is 0 Å². The van der Waals surface area contributed by atoms with Crippen LogP contribution in [0.4, 0.5) is 0 Å². The number of halogens is 1. The van der Waals surface area contributed by atoms with Crippen molar-refractivity contribution in [3.63, 3.8) is 0 Å². The van der Waals surface area contributed by atoms with Gasteiger partial charge in [0.1, 0.15) is 0 Å². The first kappa shape index (κ1) is 9.48. The summed E-state index contributed by atoms with van der Waals surface area (Å²) in [6.07, 6.45) is 5.47. The summed E-state index contributed by atoms with van der Waals surface area (Å²) < 4.78 is 0. The molecule has 0 aromatic heterocycles. The molecule has 9 heavy (non-hydrogen) atoms. The van der Waals surface area contributed by atoms with E-state index in [0.717, 1.165) is 5.92 Å². The molecule has 0 bridgehead atoms. The van der Waals surface area contributed by atoms with E-state index >= 15 is 0 Å². The monoisotopic (exact) mass is 192 g/mol. The zero-order valence-electron chi connectivity index (χ0n) is 6.49. The molecule has 1 atom stereocenters. The van der Waals surface area contributed by atoms with Crippen LogP contribution in [0.3, 0.4) is 0 Å². The van der Waals surface area contributed by atoms with Gasteiger partial charge in [0, 0.05) is 5.33 Å². The number of hydrogen-bond acceptors (Lipinski definition) is 0. The maximum Gasteiger partial charge on any atom is 0.00313 e. The van der Waals surface area contributed by atoms with Crippen LogP contribution in [0.1, 0.15) is 39.5 Å². The fraction of sp³-hybridized carbons (Fsp3) is 1.00. The van der Waals surface area contributed by atoms with E-state index in [-0.39, 0.29) is 0 Å². The summed E-state index contributed by atoms with van der Waals surface area (Å²) in [5.41, 5.74) is 0. The van der Waals surface area contributed by atoms with Crippen molar-refractivity contribution in [2.24, 2.45) is 5.92 Å². The lowest BCUT2D eigenvalue weighted by Gasteiger charge is -2.05. The van der Waals surface area contributed by atoms with Gasteiger partial charge in [0.05, 0.1) is 0 Å². The molecular weight excluding hydrogens is 176 g/mol. The molecule has 0 saturated carbocycles. The molecular formula is C8H17Br. The van der Waals surface area contributed by atoms with Gasteiger partial charge in [-0.05, 0) is 12.3 Å². The van der Waals surface area contributed by atoms with Crippen LogP contribution in [0, 0.1) is 5.92 Å². The van der Waals surface area contributed by atoms with Crippen molar-refractivity contribution in [2.75, 3.05) is 5.33 Å². The summed E-state index contributed by atoms with van der Waals surface area (Å²) >= 11 is 3.42. The third-order valence-corrected chi connectivity index (χ3v) is 2.34. The molecule has 0 rings (SSSR count). The van der Waals surface area contributed by atoms with Gasteiger partial charge in [0.15, 0.2) is 0 Å². The third-order valence-electron chi connectivity index (χ3n) is 1.78. The van der Waals surface area contributed by atoms with Crippen molar-refractivity contribution >= 4 is 15.9 Å². The molecule has 56 valence electrons. The van der Waals surface area contributed by atoms with Crippen molar-refractivity contribution in [1.82, 2.24) is 0 Å². The van der Waals surface area contributed by atoms with E-state index in [9.17, 15) is 0 Å². The molecule has 0 nitrogen and oxygen atoms in total. The number of alkyl halides is 1. The van der Waals surface area contributed by atoms with Gasteiger partial charge in [-0.2, -0.15) is 0 Å². The quantitative estimate of drug-likeness (QED) is 0.462. The Kier molecular flexibility index (Phi) is 6.95. The molecule has 0 heterocycles. The normalized spacial score (nSPS) is 13.7. The Balaban J connectivity index is 2.88. The summed E-state index contributed by atoms with van der Waals surface area (Å²) in [5, 5.41) is 1.17. The highest BCUT2D eigenvalue weighted by Crippen LogP contribution is 2.11. The van der Waals surface area contributed by atoms with Crippen LogP contribution in [0.2, 0.25) is 0 Å². The molecule has 0 aliphatic carbocycles. The Morgan fingerprint density at radius 2 is 2.00 bits per heavy atom. The molecule has 1 heteroatoms. The lowest BCUT2D eigenvalue weighted by molar-refractivity contribution is 0.493. The topological polar surface area (TPSA) is 0 Å². The van der Waals surface area contributed by atoms with Gasteiger partial charge in [-0.3, -0.25) is 0 Å². The highest BCUT2D eigenvalue weighted by atomic mass is 79.9. The molecule has 0 saturated heterocycles. The minimum absolute atomic E-state index is 0.934. The molecule has 0 aromatic carbocycles. The molecule has 0 fully saturated rings. The zero-order chi connectivity index (χ0) is 7.11. The van der Waals surface area contributed by atoms with Crippen LogP contribution in [0.15, 0.2) is 0 Å². The van der Waals surface area contributed by atoms with Gasteiger partial charge in [0.2, 0.25) is 0 Å². The Bertz CT molecular complexity index is 52.5. The predicted molar refractivity (Wildman–Crippen MR) is 47.1 cm³/mol. The Hall–Kier alpha value is 0.480. The minimum atomic E-state index is 0.934. The molecule has 0 aliphatic rings. The summed E-state index contributed by atoms with van der Waals surface area (Å²) in [6, 6.07) is 0. The maximum atomic E-state index is 3.42. The summed E-state index contributed by atoms with van der Waals surface area (Å²) in [7, 11) is 0. The Morgan fingerprint density at radius 3 is 2.44 bits per heavy atom. The van der Waals surface area contributed by atoms with Gasteiger partial charge in [-0.25, -0.2) is 0 Å². The largest absolute Gasteiger partial charge is 0.0928 e. The van der Waals surface area contributed by atoms with Crippen LogP contribution in [-0.4, -0.2) is 5.33 Å². The summed E-state index contributed by atoms with van der Waals surface area (Å²) in [6.45, 7) is 4.59. The summed E-state index contributed by atoms with van der Waals surface area (Å²) in [5.74, 6) is 0.934. The second kappa shape index (κ2) is 6.60. The Labute approximate surface area is 67.2 Å². The number of hydrogen-bond donors (Lipinski definition) is 0. The average molecular weight is 193 g/mol. The molecule has 0 radical (unpaired) electrons. The SMILES string of the molecule is CCC(C)CCCCBr. The van der Waals surface area contributed by atoms with E-state index < -0.39 is 0 Å². The first-order chi connectivity index (χ1) is 4.31. The molecule has 0 N–H and O–H groups in total. The lowest BCUT2D eigenvalue weighted by atomic mass is 10.0. The second-order valence-electron chi connectivity index (χ2n) is 2.70. The van der Waals surface area contributed by atoms with E-state index in [0.29, 0.717) is 0 Å². The van der Waals surface area contributed by atoms with Gasteiger partial charge < -0.3 is 0 Å². The van der Waals surface area contributed by atoms with Crippen molar-refractivity contribution < 1.29 is 0 Å². The van der Waals surface area contributed by atoms with Crippen molar-refractivity contribution in [2.45, 2.75) is 39.5 Å². The van der Waals surface area contributed by atoms with Crippen LogP contribution < -0.4 is 0 Å². The molecule has 0 amide bonds. The number of unbranched alkanes of at least 4 members (excludes halogenated alkanes) is 1. The van der Waals surface area contributed by atoms with Crippen LogP contribution in [0.25, 0.3) is 0 Å². The van der Waals surface area contributed by atoms with Gasteiger partial charge >= 0.3 is 0 Å². The second-order valence-corrected chi connectivity index (χ2v) is 3.49. The van der Waals surface area contributed by atoms with Crippen LogP contribution >= 0.6 is 15.9 Å². The average Bonchev–Trinajstić information content (AvgIpc) is 1.89. The lowest BCUT2D eigenvalue weighted by Crippen LogP contribution is -1.91. The van der Waals surface area contributed by atoms with E-state index in [2.05, 4.69) is 29.8 Å². The highest BCUT2D eigenvalue weighted by Gasteiger charge is 1.96. The summed E-state index contributed by atoms with van der Waals surface area (Å²) in [4.78, 5) is 0. The van der Waals surface area contributed by atoms with Crippen molar-refractivity contribution in [3.05, 3.63) is 0 Å². The third kappa shape index (κ3) is 6.36. The van der Waals surface area contributed by atoms with E-state index in [1.54, 1.807) is 0 Å². The van der Waals surface area contributed by atoms with E-state index in [1.807, 2.05) is 0 Å². The zero-order valence-corrected chi connectivity index (χ0v) is 8.08. The first-order valence-corrected chi connectivity index (χ1v) is 4.99. The predicted octanol–water partition coefficient (Wildman–Crippen LogP) is 3.60. The van der Waals surface area contributed by atoms with Gasteiger partial charge in [-0.1, -0.05) is 49.0 Å². The fourth-order valence-electron chi connectivity index (χ4n) is 0.791. The standard InChI is InChI=1S/C8H17Br/c1-3-8(2)6-4-5-7-9/h8H,3-7H2,1-2H3. The van der Waals surface area contributed by atoms with Gasteiger partial charge in [-0.15, -0.1) is 0 Å². The number of rotatable bonds is 5. The van der Waals surface area contributed by atoms with Crippen molar-refractivity contribution in [3.8, 4) is 0 Å². The van der Waals surface area contributed by atoms with E-state index in [1.165, 1.54) is 31.0 Å².